The van der Waals surface area contributed by atoms with E-state index in [1.807, 2.05) is 18.2 Å². The van der Waals surface area contributed by atoms with Gasteiger partial charge < -0.3 is 10.5 Å². The number of hydrogen-bond acceptors (Lipinski definition) is 3. The zero-order valence-electron chi connectivity index (χ0n) is 7.34. The Labute approximate surface area is 90.5 Å². The second-order valence-electron chi connectivity index (χ2n) is 2.32. The molecule has 76 valence electrons. The average molecular weight is 225 g/mol. The minimum Gasteiger partial charge on any atom is -0.383 e. The van der Waals surface area contributed by atoms with Crippen LogP contribution in [0.1, 0.15) is 11.7 Å². The smallest absolute Gasteiger partial charge is 0.0707 e. The van der Waals surface area contributed by atoms with Crippen molar-refractivity contribution in [3.63, 3.8) is 0 Å². The van der Waals surface area contributed by atoms with Gasteiger partial charge in [-0.25, -0.2) is 0 Å². The first kappa shape index (κ1) is 15.1. The molecular weight excluding hydrogens is 211 g/mol. The summed E-state index contributed by atoms with van der Waals surface area (Å²) in [5, 5.41) is 0. The lowest BCUT2D eigenvalue weighted by molar-refractivity contribution is 0.179. The maximum atomic E-state index is 5.72. The molecule has 1 aromatic rings. The lowest BCUT2D eigenvalue weighted by Crippen LogP contribution is -2.17. The number of halogens is 2. The van der Waals surface area contributed by atoms with Gasteiger partial charge in [-0.2, -0.15) is 0 Å². The average Bonchev–Trinajstić information content (AvgIpc) is 2.07. The van der Waals surface area contributed by atoms with Crippen LogP contribution in [0, 0.1) is 0 Å². The van der Waals surface area contributed by atoms with E-state index in [1.54, 1.807) is 13.3 Å². The van der Waals surface area contributed by atoms with Crippen molar-refractivity contribution < 1.29 is 4.74 Å². The number of hydrogen-bond donors (Lipinski definition) is 1. The zero-order valence-corrected chi connectivity index (χ0v) is 8.98. The van der Waals surface area contributed by atoms with E-state index in [9.17, 15) is 0 Å². The summed E-state index contributed by atoms with van der Waals surface area (Å²) >= 11 is 0. The van der Waals surface area contributed by atoms with Gasteiger partial charge in [0.2, 0.25) is 0 Å². The Bertz CT molecular complexity index is 209. The number of nitrogens with zero attached hydrogens (tertiary/aromatic N) is 1. The van der Waals surface area contributed by atoms with E-state index in [0.29, 0.717) is 6.61 Å². The first-order chi connectivity index (χ1) is 5.34. The van der Waals surface area contributed by atoms with Gasteiger partial charge in [-0.05, 0) is 12.1 Å². The monoisotopic (exact) mass is 224 g/mol. The molecule has 0 aliphatic carbocycles. The highest BCUT2D eigenvalue weighted by atomic mass is 35.5. The molecular formula is C8H14Cl2N2O. The Morgan fingerprint density at radius 1 is 1.46 bits per heavy atom. The fourth-order valence-corrected chi connectivity index (χ4v) is 0.860. The van der Waals surface area contributed by atoms with Crippen LogP contribution in [0.3, 0.4) is 0 Å². The number of pyridine rings is 1. The van der Waals surface area contributed by atoms with Crippen LogP contribution >= 0.6 is 24.8 Å². The van der Waals surface area contributed by atoms with Gasteiger partial charge >= 0.3 is 0 Å². The zero-order chi connectivity index (χ0) is 8.10. The van der Waals surface area contributed by atoms with E-state index in [2.05, 4.69) is 4.98 Å². The molecule has 0 aromatic carbocycles. The first-order valence-corrected chi connectivity index (χ1v) is 3.50. The lowest BCUT2D eigenvalue weighted by Gasteiger charge is -2.08. The fourth-order valence-electron chi connectivity index (χ4n) is 0.860. The molecule has 0 amide bonds. The summed E-state index contributed by atoms with van der Waals surface area (Å²) in [7, 11) is 1.63. The number of nitrogens with two attached hydrogens (primary N) is 1. The van der Waals surface area contributed by atoms with Crippen LogP contribution in [0.4, 0.5) is 0 Å². The molecule has 1 rings (SSSR count). The van der Waals surface area contributed by atoms with E-state index in [-0.39, 0.29) is 30.9 Å². The van der Waals surface area contributed by atoms with Crippen LogP contribution in [-0.4, -0.2) is 18.7 Å². The van der Waals surface area contributed by atoms with Crippen LogP contribution in [0.5, 0.6) is 0 Å². The Morgan fingerprint density at radius 3 is 2.62 bits per heavy atom. The Balaban J connectivity index is 0. The molecule has 1 unspecified atom stereocenters. The molecule has 0 spiro atoms. The maximum absolute atomic E-state index is 5.72. The third kappa shape index (κ3) is 5.05. The highest BCUT2D eigenvalue weighted by Crippen LogP contribution is 2.04. The van der Waals surface area contributed by atoms with Crippen molar-refractivity contribution in [2.24, 2.45) is 5.73 Å². The Hall–Kier alpha value is -0.350. The van der Waals surface area contributed by atoms with Crippen LogP contribution < -0.4 is 5.73 Å². The molecule has 0 aliphatic rings. The Morgan fingerprint density at radius 2 is 2.15 bits per heavy atom. The van der Waals surface area contributed by atoms with Crippen molar-refractivity contribution in [2.75, 3.05) is 13.7 Å². The first-order valence-electron chi connectivity index (χ1n) is 3.50. The Kier molecular flexibility index (Phi) is 9.61. The second-order valence-corrected chi connectivity index (χ2v) is 2.32. The summed E-state index contributed by atoms with van der Waals surface area (Å²) < 4.78 is 4.89. The molecule has 1 aromatic heterocycles. The molecule has 1 heterocycles. The highest BCUT2D eigenvalue weighted by Gasteiger charge is 2.04. The van der Waals surface area contributed by atoms with Crippen molar-refractivity contribution in [1.82, 2.24) is 4.98 Å². The summed E-state index contributed by atoms with van der Waals surface area (Å²) in [6, 6.07) is 5.56. The summed E-state index contributed by atoms with van der Waals surface area (Å²) in [6.07, 6.45) is 1.73. The van der Waals surface area contributed by atoms with Gasteiger partial charge in [0.25, 0.3) is 0 Å². The molecule has 0 saturated heterocycles. The van der Waals surface area contributed by atoms with Crippen LogP contribution in [0.15, 0.2) is 24.4 Å². The normalized spacial score (nSPS) is 10.9. The van der Waals surface area contributed by atoms with E-state index in [1.165, 1.54) is 0 Å². The molecule has 13 heavy (non-hydrogen) atoms. The molecule has 1 atom stereocenters. The van der Waals surface area contributed by atoms with Crippen molar-refractivity contribution >= 4 is 24.8 Å². The third-order valence-electron chi connectivity index (χ3n) is 1.41. The van der Waals surface area contributed by atoms with Gasteiger partial charge in [0.15, 0.2) is 0 Å². The topological polar surface area (TPSA) is 48.1 Å². The van der Waals surface area contributed by atoms with Crippen molar-refractivity contribution in [2.45, 2.75) is 6.04 Å². The lowest BCUT2D eigenvalue weighted by atomic mass is 10.2. The predicted octanol–water partition coefficient (Wildman–Crippen LogP) is 1.57. The number of ether oxygens (including phenoxy) is 1. The molecule has 2 N–H and O–H groups in total. The summed E-state index contributed by atoms with van der Waals surface area (Å²) in [5.74, 6) is 0. The number of methoxy groups -OCH3 is 1. The largest absolute Gasteiger partial charge is 0.383 e. The standard InChI is InChI=1S/C8H12N2O.2ClH/c1-11-6-7(9)8-4-2-3-5-10-8;;/h2-5,7H,6,9H2,1H3;2*1H. The minimum absolute atomic E-state index is 0. The van der Waals surface area contributed by atoms with Gasteiger partial charge in [0.05, 0.1) is 18.3 Å². The SMILES string of the molecule is COCC(N)c1ccccn1.Cl.Cl. The summed E-state index contributed by atoms with van der Waals surface area (Å²) in [6.45, 7) is 0.511. The molecule has 0 bridgehead atoms. The van der Waals surface area contributed by atoms with E-state index in [0.717, 1.165) is 5.69 Å². The van der Waals surface area contributed by atoms with Gasteiger partial charge in [0.1, 0.15) is 0 Å². The summed E-state index contributed by atoms with van der Waals surface area (Å²) in [4.78, 5) is 4.09. The number of aromatic nitrogens is 1. The van der Waals surface area contributed by atoms with E-state index < -0.39 is 0 Å². The quantitative estimate of drug-likeness (QED) is 0.849. The second kappa shape index (κ2) is 8.26. The highest BCUT2D eigenvalue weighted by molar-refractivity contribution is 5.85. The number of rotatable bonds is 3. The predicted molar refractivity (Wildman–Crippen MR) is 57.5 cm³/mol. The molecule has 0 aliphatic heterocycles. The van der Waals surface area contributed by atoms with Crippen LogP contribution in [0.25, 0.3) is 0 Å². The maximum Gasteiger partial charge on any atom is 0.0707 e. The van der Waals surface area contributed by atoms with Gasteiger partial charge in [-0.15, -0.1) is 24.8 Å². The van der Waals surface area contributed by atoms with Gasteiger partial charge in [-0.3, -0.25) is 4.98 Å². The van der Waals surface area contributed by atoms with Crippen LogP contribution in [0.2, 0.25) is 0 Å². The fraction of sp³-hybridized carbons (Fsp3) is 0.375. The molecule has 0 radical (unpaired) electrons. The third-order valence-corrected chi connectivity index (χ3v) is 1.41. The molecule has 3 nitrogen and oxygen atoms in total. The molecule has 0 saturated carbocycles. The minimum atomic E-state index is -0.110. The van der Waals surface area contributed by atoms with Gasteiger partial charge in [-0.1, -0.05) is 6.07 Å². The van der Waals surface area contributed by atoms with Crippen molar-refractivity contribution in [3.05, 3.63) is 30.1 Å². The molecule has 0 fully saturated rings. The van der Waals surface area contributed by atoms with E-state index >= 15 is 0 Å². The van der Waals surface area contributed by atoms with Crippen molar-refractivity contribution in [3.8, 4) is 0 Å². The van der Waals surface area contributed by atoms with E-state index in [4.69, 9.17) is 10.5 Å². The summed E-state index contributed by atoms with van der Waals surface area (Å²) in [5.41, 5.74) is 6.59. The van der Waals surface area contributed by atoms with Crippen LogP contribution in [-0.2, 0) is 4.74 Å². The molecule has 5 heteroatoms. The van der Waals surface area contributed by atoms with Crippen molar-refractivity contribution in [1.29, 1.82) is 0 Å². The van der Waals surface area contributed by atoms with Gasteiger partial charge in [0, 0.05) is 13.3 Å².